The van der Waals surface area contributed by atoms with Crippen molar-refractivity contribution in [2.75, 3.05) is 7.11 Å². The number of thiophene rings is 1. The van der Waals surface area contributed by atoms with Gasteiger partial charge in [0.1, 0.15) is 6.04 Å². The Labute approximate surface area is 119 Å². The maximum absolute atomic E-state index is 12.0. The van der Waals surface area contributed by atoms with E-state index < -0.39 is 0 Å². The van der Waals surface area contributed by atoms with Gasteiger partial charge in [-0.25, -0.2) is 0 Å². The smallest absolute Gasteiger partial charge is 0.323 e. The monoisotopic (exact) mass is 281 g/mol. The zero-order valence-electron chi connectivity index (χ0n) is 11.6. The fraction of sp³-hybridized carbons (Fsp3) is 0.667. The molecule has 0 saturated heterocycles. The molecule has 1 N–H and O–H groups in total. The summed E-state index contributed by atoms with van der Waals surface area (Å²) >= 11 is 1.72. The Morgan fingerprint density at radius 2 is 2.16 bits per heavy atom. The van der Waals surface area contributed by atoms with Crippen LogP contribution < -0.4 is 5.32 Å². The van der Waals surface area contributed by atoms with Gasteiger partial charge in [0.15, 0.2) is 0 Å². The Hall–Kier alpha value is -0.870. The van der Waals surface area contributed by atoms with Gasteiger partial charge in [-0.2, -0.15) is 0 Å². The Bertz CT molecular complexity index is 370. The number of carbonyl (C=O) groups is 1. The minimum absolute atomic E-state index is 0.108. The third-order valence-corrected chi connectivity index (χ3v) is 4.78. The number of hydrogen-bond acceptors (Lipinski definition) is 4. The molecule has 0 aliphatic heterocycles. The molecular formula is C15H23NO2S. The molecule has 1 heterocycles. The predicted octanol–water partition coefficient (Wildman–Crippen LogP) is 3.35. The molecule has 3 nitrogen and oxygen atoms in total. The van der Waals surface area contributed by atoms with E-state index in [2.05, 4.69) is 16.8 Å². The van der Waals surface area contributed by atoms with E-state index in [0.717, 1.165) is 19.4 Å². The second kappa shape index (κ2) is 7.65. The Kier molecular flexibility index (Phi) is 5.86. The summed E-state index contributed by atoms with van der Waals surface area (Å²) in [5.41, 5.74) is 0. The molecule has 0 spiro atoms. The van der Waals surface area contributed by atoms with Crippen molar-refractivity contribution in [3.05, 3.63) is 22.4 Å². The summed E-state index contributed by atoms with van der Waals surface area (Å²) in [4.78, 5) is 13.3. The number of hydrogen-bond donors (Lipinski definition) is 1. The van der Waals surface area contributed by atoms with Crippen LogP contribution in [0.4, 0.5) is 0 Å². The topological polar surface area (TPSA) is 38.3 Å². The molecule has 1 unspecified atom stereocenters. The maximum atomic E-state index is 12.0. The van der Waals surface area contributed by atoms with E-state index >= 15 is 0 Å². The molecule has 1 atom stereocenters. The van der Waals surface area contributed by atoms with E-state index in [1.807, 2.05) is 6.07 Å². The summed E-state index contributed by atoms with van der Waals surface area (Å²) in [5, 5.41) is 5.47. The van der Waals surface area contributed by atoms with Crippen LogP contribution in [0.25, 0.3) is 0 Å². The Morgan fingerprint density at radius 1 is 1.42 bits per heavy atom. The van der Waals surface area contributed by atoms with E-state index in [9.17, 15) is 4.79 Å². The molecule has 19 heavy (non-hydrogen) atoms. The summed E-state index contributed by atoms with van der Waals surface area (Å²) in [6, 6.07) is 3.99. The highest BCUT2D eigenvalue weighted by Gasteiger charge is 2.29. The zero-order chi connectivity index (χ0) is 13.5. The van der Waals surface area contributed by atoms with Crippen molar-refractivity contribution in [3.8, 4) is 0 Å². The average molecular weight is 281 g/mol. The molecule has 106 valence electrons. The molecule has 4 heteroatoms. The Balaban J connectivity index is 1.95. The molecular weight excluding hydrogens is 258 g/mol. The van der Waals surface area contributed by atoms with Gasteiger partial charge < -0.3 is 4.74 Å². The van der Waals surface area contributed by atoms with Gasteiger partial charge in [-0.15, -0.1) is 11.3 Å². The first kappa shape index (κ1) is 14.5. The van der Waals surface area contributed by atoms with Gasteiger partial charge in [0, 0.05) is 11.4 Å². The van der Waals surface area contributed by atoms with E-state index in [0.29, 0.717) is 5.92 Å². The molecule has 0 aromatic carbocycles. The van der Waals surface area contributed by atoms with Crippen LogP contribution in [0.3, 0.4) is 0 Å². The summed E-state index contributed by atoms with van der Waals surface area (Å²) in [6.07, 6.45) is 7.34. The number of esters is 1. The van der Waals surface area contributed by atoms with Crippen molar-refractivity contribution in [1.29, 1.82) is 0 Å². The van der Waals surface area contributed by atoms with Crippen LogP contribution >= 0.6 is 11.3 Å². The quantitative estimate of drug-likeness (QED) is 0.664. The fourth-order valence-corrected chi connectivity index (χ4v) is 3.49. The molecule has 0 amide bonds. The largest absolute Gasteiger partial charge is 0.468 e. The van der Waals surface area contributed by atoms with Gasteiger partial charge in [0.25, 0.3) is 0 Å². The van der Waals surface area contributed by atoms with Crippen molar-refractivity contribution in [3.63, 3.8) is 0 Å². The number of nitrogens with one attached hydrogen (secondary N) is 1. The minimum atomic E-state index is -0.148. The van der Waals surface area contributed by atoms with E-state index in [1.54, 1.807) is 11.3 Å². The summed E-state index contributed by atoms with van der Waals surface area (Å²) in [7, 11) is 1.48. The van der Waals surface area contributed by atoms with Gasteiger partial charge >= 0.3 is 5.97 Å². The van der Waals surface area contributed by atoms with Crippen molar-refractivity contribution in [2.24, 2.45) is 5.92 Å². The van der Waals surface area contributed by atoms with Crippen LogP contribution in [0.2, 0.25) is 0 Å². The van der Waals surface area contributed by atoms with Crippen LogP contribution in [-0.2, 0) is 16.1 Å². The van der Waals surface area contributed by atoms with Gasteiger partial charge in [-0.05, 0) is 30.2 Å². The van der Waals surface area contributed by atoms with Crippen molar-refractivity contribution < 1.29 is 9.53 Å². The summed E-state index contributed by atoms with van der Waals surface area (Å²) < 4.78 is 4.98. The van der Waals surface area contributed by atoms with Crippen LogP contribution in [-0.4, -0.2) is 19.1 Å². The first-order valence-corrected chi connectivity index (χ1v) is 8.03. The number of methoxy groups -OCH3 is 1. The van der Waals surface area contributed by atoms with Gasteiger partial charge in [-0.1, -0.05) is 31.7 Å². The lowest BCUT2D eigenvalue weighted by Crippen LogP contribution is -2.43. The standard InChI is InChI=1S/C15H23NO2S/c1-18-15(17)14(12-7-4-2-3-5-8-12)16-11-13-9-6-10-19-13/h6,9-10,12,14,16H,2-5,7-8,11H2,1H3. The molecule has 0 radical (unpaired) electrons. The van der Waals surface area contributed by atoms with Crippen molar-refractivity contribution in [1.82, 2.24) is 5.32 Å². The average Bonchev–Trinajstić information content (AvgIpc) is 2.80. The third-order valence-electron chi connectivity index (χ3n) is 3.90. The maximum Gasteiger partial charge on any atom is 0.323 e. The number of carbonyl (C=O) groups excluding carboxylic acids is 1. The first-order valence-electron chi connectivity index (χ1n) is 7.15. The normalized spacial score (nSPS) is 18.8. The second-order valence-corrected chi connectivity index (χ2v) is 6.24. The molecule has 1 aromatic rings. The number of ether oxygens (including phenoxy) is 1. The zero-order valence-corrected chi connectivity index (χ0v) is 12.4. The lowest BCUT2D eigenvalue weighted by molar-refractivity contribution is -0.144. The van der Waals surface area contributed by atoms with Crippen LogP contribution in [0.1, 0.15) is 43.4 Å². The van der Waals surface area contributed by atoms with Crippen LogP contribution in [0.5, 0.6) is 0 Å². The van der Waals surface area contributed by atoms with Crippen LogP contribution in [0.15, 0.2) is 17.5 Å². The molecule has 1 aliphatic carbocycles. The van der Waals surface area contributed by atoms with Gasteiger partial charge in [0.2, 0.25) is 0 Å². The minimum Gasteiger partial charge on any atom is -0.468 e. The van der Waals surface area contributed by atoms with E-state index in [1.165, 1.54) is 37.7 Å². The molecule has 1 saturated carbocycles. The van der Waals surface area contributed by atoms with Gasteiger partial charge in [0.05, 0.1) is 7.11 Å². The second-order valence-electron chi connectivity index (χ2n) is 5.21. The molecule has 1 aliphatic rings. The lowest BCUT2D eigenvalue weighted by atomic mass is 9.91. The summed E-state index contributed by atoms with van der Waals surface area (Å²) in [5.74, 6) is 0.318. The highest BCUT2D eigenvalue weighted by molar-refractivity contribution is 7.09. The first-order chi connectivity index (χ1) is 9.31. The fourth-order valence-electron chi connectivity index (χ4n) is 2.84. The Morgan fingerprint density at radius 3 is 2.74 bits per heavy atom. The van der Waals surface area contributed by atoms with Gasteiger partial charge in [-0.3, -0.25) is 10.1 Å². The molecule has 0 bridgehead atoms. The molecule has 2 rings (SSSR count). The predicted molar refractivity (Wildman–Crippen MR) is 78.2 cm³/mol. The molecule has 1 aromatic heterocycles. The highest BCUT2D eigenvalue weighted by atomic mass is 32.1. The SMILES string of the molecule is COC(=O)C(NCc1cccs1)C1CCCCCC1. The van der Waals surface area contributed by atoms with E-state index in [4.69, 9.17) is 4.74 Å². The van der Waals surface area contributed by atoms with Crippen molar-refractivity contribution in [2.45, 2.75) is 51.1 Å². The molecule has 1 fully saturated rings. The van der Waals surface area contributed by atoms with E-state index in [-0.39, 0.29) is 12.0 Å². The number of rotatable bonds is 5. The highest BCUT2D eigenvalue weighted by Crippen LogP contribution is 2.26. The summed E-state index contributed by atoms with van der Waals surface area (Å²) in [6.45, 7) is 0.758. The lowest BCUT2D eigenvalue weighted by Gasteiger charge is -2.24. The third kappa shape index (κ3) is 4.32. The van der Waals surface area contributed by atoms with Crippen molar-refractivity contribution >= 4 is 17.3 Å². The van der Waals surface area contributed by atoms with Crippen LogP contribution in [0, 0.1) is 5.92 Å².